The van der Waals surface area contributed by atoms with Gasteiger partial charge >= 0.3 is 11.8 Å². The number of rotatable bonds is 6. The molecule has 1 atom stereocenters. The number of halogens is 1. The molecule has 2 amide bonds. The highest BCUT2D eigenvalue weighted by atomic mass is 35.5. The molecular weight excluding hydrogens is 344 g/mol. The summed E-state index contributed by atoms with van der Waals surface area (Å²) in [7, 11) is 0. The van der Waals surface area contributed by atoms with Crippen molar-refractivity contribution in [2.75, 3.05) is 6.54 Å². The van der Waals surface area contributed by atoms with E-state index in [0.717, 1.165) is 18.4 Å². The molecular formula is C18H19ClN2O4. The van der Waals surface area contributed by atoms with Gasteiger partial charge in [-0.05, 0) is 42.5 Å². The number of aliphatic hydroxyl groups is 1. The quantitative estimate of drug-likeness (QED) is 0.685. The maximum atomic E-state index is 12.0. The third-order valence-corrected chi connectivity index (χ3v) is 4.69. The van der Waals surface area contributed by atoms with Gasteiger partial charge in [-0.2, -0.15) is 0 Å². The fourth-order valence-corrected chi connectivity index (χ4v) is 2.91. The van der Waals surface area contributed by atoms with E-state index in [4.69, 9.17) is 16.0 Å². The average Bonchev–Trinajstić information content (AvgIpc) is 3.33. The number of benzene rings is 1. The fraction of sp³-hybridized carbons (Fsp3) is 0.333. The van der Waals surface area contributed by atoms with E-state index in [1.165, 1.54) is 6.26 Å². The second-order valence-corrected chi connectivity index (χ2v) is 6.54. The van der Waals surface area contributed by atoms with Crippen molar-refractivity contribution < 1.29 is 19.1 Å². The molecule has 7 heteroatoms. The van der Waals surface area contributed by atoms with Gasteiger partial charge in [0.15, 0.2) is 0 Å². The van der Waals surface area contributed by atoms with E-state index in [2.05, 4.69) is 10.6 Å². The first-order chi connectivity index (χ1) is 12.0. The Morgan fingerprint density at radius 1 is 1.16 bits per heavy atom. The van der Waals surface area contributed by atoms with Gasteiger partial charge in [0.1, 0.15) is 11.4 Å². The van der Waals surface area contributed by atoms with Crippen LogP contribution in [0.4, 0.5) is 0 Å². The van der Waals surface area contributed by atoms with Crippen molar-refractivity contribution >= 4 is 23.4 Å². The molecule has 1 fully saturated rings. The Bertz CT molecular complexity index is 758. The van der Waals surface area contributed by atoms with Crippen LogP contribution in [0, 0.1) is 5.92 Å². The second-order valence-electron chi connectivity index (χ2n) is 6.13. The highest BCUT2D eigenvalue weighted by molar-refractivity contribution is 6.35. The SMILES string of the molecule is O=C(NCc1ccccc1Cl)C(=O)NCC(O)(c1ccco1)C1CC1. The smallest absolute Gasteiger partial charge is 0.309 e. The van der Waals surface area contributed by atoms with Crippen molar-refractivity contribution in [2.24, 2.45) is 5.92 Å². The summed E-state index contributed by atoms with van der Waals surface area (Å²) >= 11 is 6.01. The number of nitrogens with one attached hydrogen (secondary N) is 2. The number of carbonyl (C=O) groups excluding carboxylic acids is 2. The van der Waals surface area contributed by atoms with Crippen LogP contribution in [0.25, 0.3) is 0 Å². The van der Waals surface area contributed by atoms with Gasteiger partial charge in [-0.1, -0.05) is 29.8 Å². The largest absolute Gasteiger partial charge is 0.466 e. The Hall–Kier alpha value is -2.31. The summed E-state index contributed by atoms with van der Waals surface area (Å²) in [6, 6.07) is 10.4. The van der Waals surface area contributed by atoms with Gasteiger partial charge in [0.25, 0.3) is 0 Å². The van der Waals surface area contributed by atoms with Gasteiger partial charge in [0, 0.05) is 11.6 Å². The highest BCUT2D eigenvalue weighted by Gasteiger charge is 2.47. The molecule has 2 aromatic rings. The predicted molar refractivity (Wildman–Crippen MR) is 91.6 cm³/mol. The van der Waals surface area contributed by atoms with Gasteiger partial charge in [0.2, 0.25) is 0 Å². The zero-order chi connectivity index (χ0) is 17.9. The Morgan fingerprint density at radius 3 is 2.52 bits per heavy atom. The van der Waals surface area contributed by atoms with Crippen molar-refractivity contribution in [3.05, 3.63) is 59.0 Å². The Kier molecular flexibility index (Phi) is 5.11. The van der Waals surface area contributed by atoms with Gasteiger partial charge in [-0.3, -0.25) is 9.59 Å². The van der Waals surface area contributed by atoms with E-state index < -0.39 is 17.4 Å². The number of amides is 2. The minimum Gasteiger partial charge on any atom is -0.466 e. The topological polar surface area (TPSA) is 91.6 Å². The van der Waals surface area contributed by atoms with Crippen molar-refractivity contribution in [1.82, 2.24) is 10.6 Å². The molecule has 0 radical (unpaired) electrons. The van der Waals surface area contributed by atoms with Crippen LogP contribution in [0.15, 0.2) is 47.1 Å². The molecule has 0 bridgehead atoms. The molecule has 0 spiro atoms. The highest BCUT2D eigenvalue weighted by Crippen LogP contribution is 2.45. The van der Waals surface area contributed by atoms with Crippen molar-refractivity contribution in [3.8, 4) is 0 Å². The molecule has 1 saturated carbocycles. The van der Waals surface area contributed by atoms with Gasteiger partial charge in [-0.25, -0.2) is 0 Å². The van der Waals surface area contributed by atoms with E-state index in [1.807, 2.05) is 0 Å². The number of hydrogen-bond donors (Lipinski definition) is 3. The van der Waals surface area contributed by atoms with Gasteiger partial charge in [-0.15, -0.1) is 0 Å². The number of hydrogen-bond acceptors (Lipinski definition) is 4. The van der Waals surface area contributed by atoms with Crippen molar-refractivity contribution in [1.29, 1.82) is 0 Å². The van der Waals surface area contributed by atoms with Crippen LogP contribution in [0.1, 0.15) is 24.2 Å². The predicted octanol–water partition coefficient (Wildman–Crippen LogP) is 1.96. The monoisotopic (exact) mass is 362 g/mol. The minimum atomic E-state index is -1.29. The van der Waals surface area contributed by atoms with Gasteiger partial charge in [0.05, 0.1) is 12.8 Å². The Labute approximate surface area is 150 Å². The molecule has 1 aliphatic carbocycles. The molecule has 1 aromatic heterocycles. The first-order valence-corrected chi connectivity index (χ1v) is 8.44. The molecule has 132 valence electrons. The summed E-state index contributed by atoms with van der Waals surface area (Å²) in [5.41, 5.74) is -0.572. The molecule has 1 aliphatic rings. The maximum Gasteiger partial charge on any atom is 0.309 e. The number of carbonyl (C=O) groups is 2. The normalized spacial score (nSPS) is 16.1. The maximum absolute atomic E-state index is 12.0. The minimum absolute atomic E-state index is 0.0186. The van der Waals surface area contributed by atoms with Crippen molar-refractivity contribution in [2.45, 2.75) is 25.0 Å². The zero-order valence-electron chi connectivity index (χ0n) is 13.5. The van der Waals surface area contributed by atoms with E-state index in [0.29, 0.717) is 10.8 Å². The van der Waals surface area contributed by atoms with Crippen LogP contribution < -0.4 is 10.6 Å². The summed E-state index contributed by atoms with van der Waals surface area (Å²) in [5.74, 6) is -1.17. The van der Waals surface area contributed by atoms with Crippen molar-refractivity contribution in [3.63, 3.8) is 0 Å². The molecule has 6 nitrogen and oxygen atoms in total. The standard InChI is InChI=1S/C18H19ClN2O4/c19-14-5-2-1-4-12(14)10-20-16(22)17(23)21-11-18(24,13-7-8-13)15-6-3-9-25-15/h1-6,9,13,24H,7-8,10-11H2,(H,20,22)(H,21,23). The van der Waals surface area contributed by atoms with E-state index >= 15 is 0 Å². The lowest BCUT2D eigenvalue weighted by Crippen LogP contribution is -2.47. The van der Waals surface area contributed by atoms with E-state index in [9.17, 15) is 14.7 Å². The van der Waals surface area contributed by atoms with Crippen LogP contribution in [0.3, 0.4) is 0 Å². The van der Waals surface area contributed by atoms with Gasteiger partial charge < -0.3 is 20.2 Å². The summed E-state index contributed by atoms with van der Waals surface area (Å²) in [4.78, 5) is 24.0. The third-order valence-electron chi connectivity index (χ3n) is 4.32. The summed E-state index contributed by atoms with van der Waals surface area (Å²) in [5, 5.41) is 16.4. The third kappa shape index (κ3) is 4.03. The molecule has 0 saturated heterocycles. The number of furan rings is 1. The van der Waals surface area contributed by atoms with Crippen LogP contribution >= 0.6 is 11.6 Å². The molecule has 1 aromatic carbocycles. The van der Waals surface area contributed by atoms with E-state index in [-0.39, 0.29) is 19.0 Å². The first-order valence-electron chi connectivity index (χ1n) is 8.06. The summed E-state index contributed by atoms with van der Waals surface area (Å²) in [6.45, 7) is 0.0700. The summed E-state index contributed by atoms with van der Waals surface area (Å²) in [6.07, 6.45) is 3.18. The lowest BCUT2D eigenvalue weighted by atomic mass is 9.94. The van der Waals surface area contributed by atoms with E-state index in [1.54, 1.807) is 36.4 Å². The van der Waals surface area contributed by atoms with Crippen LogP contribution in [-0.2, 0) is 21.7 Å². The lowest BCUT2D eigenvalue weighted by Gasteiger charge is -2.26. The average molecular weight is 363 g/mol. The first kappa shape index (κ1) is 17.5. The second kappa shape index (κ2) is 7.29. The lowest BCUT2D eigenvalue weighted by molar-refractivity contribution is -0.140. The Balaban J connectivity index is 1.54. The van der Waals surface area contributed by atoms with Crippen LogP contribution in [0.5, 0.6) is 0 Å². The zero-order valence-corrected chi connectivity index (χ0v) is 14.3. The molecule has 3 N–H and O–H groups in total. The van der Waals surface area contributed by atoms with Crippen LogP contribution in [0.2, 0.25) is 5.02 Å². The molecule has 1 unspecified atom stereocenters. The van der Waals surface area contributed by atoms with Crippen LogP contribution in [-0.4, -0.2) is 23.5 Å². The molecule has 3 rings (SSSR count). The molecule has 0 aliphatic heterocycles. The molecule has 25 heavy (non-hydrogen) atoms. The fourth-order valence-electron chi connectivity index (χ4n) is 2.71. The summed E-state index contributed by atoms with van der Waals surface area (Å²) < 4.78 is 5.29. The Morgan fingerprint density at radius 2 is 1.88 bits per heavy atom. The molecule has 1 heterocycles.